The Bertz CT molecular complexity index is 2960. The molecule has 3 spiro atoms. The fourth-order valence-corrected chi connectivity index (χ4v) is 12.6. The van der Waals surface area contributed by atoms with Gasteiger partial charge in [-0.3, -0.25) is 24.4 Å². The van der Waals surface area contributed by atoms with Gasteiger partial charge in [-0.25, -0.2) is 15.1 Å². The molecule has 3 atom stereocenters. The number of aryl methyl sites for hydroxylation is 3. The molecule has 392 valence electrons. The number of fused-ring (bicyclic) bond motifs is 3. The van der Waals surface area contributed by atoms with Crippen LogP contribution in [0.3, 0.4) is 0 Å². The number of likely N-dealkylation sites (tertiary alicyclic amines) is 2. The summed E-state index contributed by atoms with van der Waals surface area (Å²) in [4.78, 5) is 77.2. The van der Waals surface area contributed by atoms with Crippen LogP contribution in [0.1, 0.15) is 114 Å². The van der Waals surface area contributed by atoms with Crippen LogP contribution in [0.15, 0.2) is 91.0 Å². The first-order valence-corrected chi connectivity index (χ1v) is 26.7. The van der Waals surface area contributed by atoms with Gasteiger partial charge in [-0.2, -0.15) is 0 Å². The summed E-state index contributed by atoms with van der Waals surface area (Å²) >= 11 is 24.2. The monoisotopic (exact) mass is 1090 g/mol. The molecule has 17 heteroatoms. The highest BCUT2D eigenvalue weighted by Gasteiger charge is 2.50. The van der Waals surface area contributed by atoms with Crippen LogP contribution in [0, 0.1) is 16.2 Å². The Kier molecular flexibility index (Phi) is 16.0. The number of nitrogens with one attached hydrogen (secondary N) is 2. The summed E-state index contributed by atoms with van der Waals surface area (Å²) in [5.74, 6) is -0.569. The number of methoxy groups -OCH3 is 2. The molecule has 11 rings (SSSR count). The van der Waals surface area contributed by atoms with Gasteiger partial charge >= 0.3 is 11.9 Å². The lowest BCUT2D eigenvalue weighted by Gasteiger charge is -2.33. The molecule has 13 nitrogen and oxygen atoms in total. The van der Waals surface area contributed by atoms with Gasteiger partial charge in [0.2, 0.25) is 17.7 Å². The van der Waals surface area contributed by atoms with Gasteiger partial charge in [0.1, 0.15) is 0 Å². The highest BCUT2D eigenvalue weighted by molar-refractivity contribution is 6.42. The smallest absolute Gasteiger partial charge is 0.337 e. The molecule has 75 heavy (non-hydrogen) atoms. The van der Waals surface area contributed by atoms with Crippen LogP contribution in [-0.2, 0) is 75.5 Å². The number of nitrogens with zero attached hydrogens (tertiary/aromatic N) is 2. The summed E-state index contributed by atoms with van der Waals surface area (Å²) in [6, 6.07) is 27.7. The van der Waals surface area contributed by atoms with Crippen molar-refractivity contribution < 1.29 is 43.4 Å². The molecule has 0 aromatic heterocycles. The minimum absolute atomic E-state index is 0.182. The van der Waals surface area contributed by atoms with Gasteiger partial charge in [0.05, 0.1) is 61.7 Å². The minimum Gasteiger partial charge on any atom is -0.465 e. The third-order valence-electron chi connectivity index (χ3n) is 16.3. The Labute approximate surface area is 456 Å². The lowest BCUT2D eigenvalue weighted by atomic mass is 9.70. The van der Waals surface area contributed by atoms with Gasteiger partial charge in [0.15, 0.2) is 0 Å². The van der Waals surface area contributed by atoms with Crippen molar-refractivity contribution in [3.05, 3.63) is 172 Å². The van der Waals surface area contributed by atoms with Crippen molar-refractivity contribution in [1.82, 2.24) is 20.6 Å². The first kappa shape index (κ1) is 53.9. The molecule has 3 aliphatic carbocycles. The van der Waals surface area contributed by atoms with Crippen molar-refractivity contribution in [2.75, 3.05) is 33.9 Å². The zero-order chi connectivity index (χ0) is 53.2. The zero-order valence-electron chi connectivity index (χ0n) is 41.8. The number of hydroxylamine groups is 1. The lowest BCUT2D eigenvalue weighted by Crippen LogP contribution is -2.38. The summed E-state index contributed by atoms with van der Waals surface area (Å²) in [5, 5.41) is 13.8. The van der Waals surface area contributed by atoms with E-state index < -0.39 is 5.91 Å². The molecule has 0 bridgehead atoms. The van der Waals surface area contributed by atoms with Gasteiger partial charge in [0.25, 0.3) is 5.91 Å². The molecule has 4 amide bonds. The van der Waals surface area contributed by atoms with Gasteiger partial charge in [0, 0.05) is 38.3 Å². The lowest BCUT2D eigenvalue weighted by molar-refractivity contribution is -0.137. The molecule has 6 aliphatic rings. The maximum atomic E-state index is 13.3. The molecule has 3 unspecified atom stereocenters. The molecular weight excluding hydrogens is 1040 g/mol. The second kappa shape index (κ2) is 22.3. The summed E-state index contributed by atoms with van der Waals surface area (Å²) < 4.78 is 9.54. The third kappa shape index (κ3) is 11.2. The van der Waals surface area contributed by atoms with Crippen molar-refractivity contribution in [3.8, 4) is 0 Å². The van der Waals surface area contributed by atoms with Crippen LogP contribution in [0.4, 0.5) is 0 Å². The number of carbonyl (C=O) groups is 6. The zero-order valence-corrected chi connectivity index (χ0v) is 44.8. The van der Waals surface area contributed by atoms with Crippen molar-refractivity contribution in [2.45, 2.75) is 90.1 Å². The first-order valence-electron chi connectivity index (χ1n) is 25.2. The normalized spacial score (nSPS) is 22.1. The maximum absolute atomic E-state index is 13.3. The third-order valence-corrected chi connectivity index (χ3v) is 17.8. The van der Waals surface area contributed by atoms with E-state index in [0.717, 1.165) is 124 Å². The Balaban J connectivity index is 0.000000141. The van der Waals surface area contributed by atoms with Crippen molar-refractivity contribution in [2.24, 2.45) is 16.2 Å². The second-order valence-electron chi connectivity index (χ2n) is 20.7. The van der Waals surface area contributed by atoms with E-state index in [2.05, 4.69) is 5.32 Å². The quantitative estimate of drug-likeness (QED) is 0.0815. The van der Waals surface area contributed by atoms with Crippen LogP contribution in [0.2, 0.25) is 20.1 Å². The molecule has 3 heterocycles. The van der Waals surface area contributed by atoms with Gasteiger partial charge in [-0.15, -0.1) is 0 Å². The maximum Gasteiger partial charge on any atom is 0.337 e. The van der Waals surface area contributed by atoms with E-state index in [4.69, 9.17) is 61.1 Å². The van der Waals surface area contributed by atoms with E-state index in [1.165, 1.54) is 25.3 Å². The number of esters is 2. The molecule has 3 fully saturated rings. The SMILES string of the molecule is COC(=O)c1ccc2c(c1)CCC1(CCN(Cc3ccc(Cl)c(Cl)c3)C1=O)C2.COC(=O)c1ccc2c(c1)CCC1(CCNC1=O)C2.O=C(NO)c1ccc2c(c1)CCC1(CCN(Cc3ccc(Cl)c(Cl)c3)C1=O)C2. The predicted octanol–water partition coefficient (Wildman–Crippen LogP) is 10.2. The Hall–Kier alpha value is -5.96. The first-order chi connectivity index (χ1) is 36.0. The number of carbonyl (C=O) groups excluding carboxylic acids is 6. The standard InChI is InChI=1S/C22H21Cl2NO3.C21H20Cl2N2O3.C15H17NO3/c1-28-20(26)16-3-4-17-12-22(7-6-15(17)11-16)8-9-25(21(22)27)13-14-2-5-18(23)19(24)10-14;22-17-4-1-13(9-18(17)23)12-25-8-7-21(20(25)27)6-5-14-10-15(19(26)24-28)2-3-16(14)11-21;1-19-13(17)11-2-3-12-9-15(5-4-10(12)8-11)6-7-16-14(15)18/h2-5,10-11H,6-9,12-13H2,1H3;1-4,9-10,28H,5-8,11-12H2,(H,24,26);2-3,8H,4-7,9H2,1H3,(H,16,18). The fraction of sp³-hybridized carbons (Fsp3) is 0.379. The number of amides is 4. The average Bonchev–Trinajstić information content (AvgIpc) is 4.03. The van der Waals surface area contributed by atoms with Crippen molar-refractivity contribution in [3.63, 3.8) is 0 Å². The molecule has 3 saturated heterocycles. The van der Waals surface area contributed by atoms with Crippen molar-refractivity contribution >= 4 is 82.0 Å². The highest BCUT2D eigenvalue weighted by Crippen LogP contribution is 2.46. The summed E-state index contributed by atoms with van der Waals surface area (Å²) in [6.45, 7) is 3.33. The molecule has 0 radical (unpaired) electrons. The fourth-order valence-electron chi connectivity index (χ4n) is 12.0. The second-order valence-corrected chi connectivity index (χ2v) is 22.3. The molecule has 3 aliphatic heterocycles. The number of benzene rings is 5. The molecule has 5 aromatic carbocycles. The van der Waals surface area contributed by atoms with E-state index in [0.29, 0.717) is 56.3 Å². The van der Waals surface area contributed by atoms with E-state index in [1.807, 2.05) is 64.4 Å². The van der Waals surface area contributed by atoms with Crippen LogP contribution in [0.25, 0.3) is 0 Å². The largest absolute Gasteiger partial charge is 0.465 e. The number of rotatable bonds is 7. The Morgan fingerprint density at radius 3 is 1.35 bits per heavy atom. The Morgan fingerprint density at radius 1 is 0.533 bits per heavy atom. The van der Waals surface area contributed by atoms with E-state index in [-0.39, 0.29) is 45.9 Å². The molecule has 0 saturated carbocycles. The molecule has 5 aromatic rings. The predicted molar refractivity (Wildman–Crippen MR) is 285 cm³/mol. The van der Waals surface area contributed by atoms with E-state index in [1.54, 1.807) is 41.9 Å². The highest BCUT2D eigenvalue weighted by atomic mass is 35.5. The summed E-state index contributed by atoms with van der Waals surface area (Å²) in [6.07, 6.45) is 9.63. The van der Waals surface area contributed by atoms with E-state index >= 15 is 0 Å². The van der Waals surface area contributed by atoms with Crippen LogP contribution >= 0.6 is 46.4 Å². The number of halogens is 4. The van der Waals surface area contributed by atoms with Crippen molar-refractivity contribution in [1.29, 1.82) is 0 Å². The number of ether oxygens (including phenoxy) is 2. The summed E-state index contributed by atoms with van der Waals surface area (Å²) in [5.41, 5.74) is 11.1. The van der Waals surface area contributed by atoms with Gasteiger partial charge in [-0.1, -0.05) is 76.7 Å². The average molecular weight is 1100 g/mol. The summed E-state index contributed by atoms with van der Waals surface area (Å²) in [7, 11) is 2.77. The number of hydrogen-bond acceptors (Lipinski definition) is 9. The number of hydrogen-bond donors (Lipinski definition) is 3. The van der Waals surface area contributed by atoms with Gasteiger partial charge < -0.3 is 24.6 Å². The van der Waals surface area contributed by atoms with Crippen LogP contribution in [-0.4, -0.2) is 84.4 Å². The Morgan fingerprint density at radius 2 is 0.947 bits per heavy atom. The topological polar surface area (TPSA) is 172 Å². The molecular formula is C58H58Cl4N4O9. The van der Waals surface area contributed by atoms with Crippen LogP contribution < -0.4 is 10.8 Å². The minimum atomic E-state index is -0.521. The van der Waals surface area contributed by atoms with Crippen LogP contribution in [0.5, 0.6) is 0 Å². The van der Waals surface area contributed by atoms with Gasteiger partial charge in [-0.05, 0) is 182 Å². The van der Waals surface area contributed by atoms with E-state index in [9.17, 15) is 28.8 Å². The molecule has 3 N–H and O–H groups in total.